The van der Waals surface area contributed by atoms with Gasteiger partial charge in [-0.3, -0.25) is 9.78 Å². The molecule has 0 aliphatic carbocycles. The molecule has 1 amide bonds. The Morgan fingerprint density at radius 3 is 2.56 bits per heavy atom. The molecule has 0 radical (unpaired) electrons. The fourth-order valence-electron chi connectivity index (χ4n) is 4.52. The van der Waals surface area contributed by atoms with Crippen LogP contribution in [0.2, 0.25) is 0 Å². The standard InChI is InChI=1S/C28H26FN5OS/c1-19-7-11-21(12-8-19)31-25(35)15-18-34-27(26(32-28(34)36)23-5-2-3-16-30-23)24-6-4-17-33(24)22-13-9-20(29)10-14-22/h2-14,16-17,26-27H,15,18H2,1H3,(H,31,35)(H,32,36). The molecule has 2 atom stereocenters. The van der Waals surface area contributed by atoms with Crippen molar-refractivity contribution in [3.8, 4) is 5.69 Å². The fourth-order valence-corrected chi connectivity index (χ4v) is 4.85. The van der Waals surface area contributed by atoms with Gasteiger partial charge in [-0.1, -0.05) is 23.8 Å². The third-order valence-corrected chi connectivity index (χ3v) is 6.65. The van der Waals surface area contributed by atoms with Gasteiger partial charge in [0.25, 0.3) is 0 Å². The zero-order valence-electron chi connectivity index (χ0n) is 19.8. The van der Waals surface area contributed by atoms with Crippen LogP contribution in [0.5, 0.6) is 0 Å². The van der Waals surface area contributed by atoms with Crippen molar-refractivity contribution in [2.24, 2.45) is 0 Å². The second kappa shape index (κ2) is 10.3. The highest BCUT2D eigenvalue weighted by Gasteiger charge is 2.41. The van der Waals surface area contributed by atoms with Crippen molar-refractivity contribution < 1.29 is 9.18 Å². The molecule has 8 heteroatoms. The molecule has 182 valence electrons. The lowest BCUT2D eigenvalue weighted by atomic mass is 10.0. The van der Waals surface area contributed by atoms with Crippen LogP contribution in [-0.2, 0) is 4.79 Å². The summed E-state index contributed by atoms with van der Waals surface area (Å²) in [6.07, 6.45) is 3.97. The first-order valence-corrected chi connectivity index (χ1v) is 12.2. The maximum absolute atomic E-state index is 13.6. The minimum atomic E-state index is -0.288. The summed E-state index contributed by atoms with van der Waals surface area (Å²) in [5, 5.41) is 6.94. The van der Waals surface area contributed by atoms with Crippen LogP contribution in [0.3, 0.4) is 0 Å². The van der Waals surface area contributed by atoms with Crippen molar-refractivity contribution in [1.82, 2.24) is 19.8 Å². The van der Waals surface area contributed by atoms with Crippen LogP contribution in [0.4, 0.5) is 10.1 Å². The molecule has 1 fully saturated rings. The highest BCUT2D eigenvalue weighted by molar-refractivity contribution is 7.80. The summed E-state index contributed by atoms with van der Waals surface area (Å²) in [6.45, 7) is 2.43. The van der Waals surface area contributed by atoms with Crippen LogP contribution in [0.25, 0.3) is 5.69 Å². The molecule has 1 aliphatic rings. The summed E-state index contributed by atoms with van der Waals surface area (Å²) in [7, 11) is 0. The molecular formula is C28H26FN5OS. The molecular weight excluding hydrogens is 473 g/mol. The molecule has 0 spiro atoms. The van der Waals surface area contributed by atoms with Crippen molar-refractivity contribution in [2.75, 3.05) is 11.9 Å². The Hall–Kier alpha value is -4.04. The predicted octanol–water partition coefficient (Wildman–Crippen LogP) is 5.32. The van der Waals surface area contributed by atoms with E-state index in [1.165, 1.54) is 12.1 Å². The topological polar surface area (TPSA) is 62.2 Å². The van der Waals surface area contributed by atoms with Gasteiger partial charge in [-0.2, -0.15) is 0 Å². The molecule has 0 saturated carbocycles. The van der Waals surface area contributed by atoms with Gasteiger partial charge in [0, 0.05) is 42.4 Å². The van der Waals surface area contributed by atoms with E-state index in [0.717, 1.165) is 28.3 Å². The number of aryl methyl sites for hydroxylation is 1. The number of carbonyl (C=O) groups is 1. The number of thiocarbonyl (C=S) groups is 1. The smallest absolute Gasteiger partial charge is 0.226 e. The molecule has 2 unspecified atom stereocenters. The number of halogens is 1. The van der Waals surface area contributed by atoms with Crippen LogP contribution in [0.1, 0.15) is 35.5 Å². The van der Waals surface area contributed by atoms with Crippen molar-refractivity contribution in [3.05, 3.63) is 114 Å². The molecule has 5 rings (SSSR count). The zero-order chi connectivity index (χ0) is 25.1. The number of carbonyl (C=O) groups excluding carboxylic acids is 1. The monoisotopic (exact) mass is 499 g/mol. The van der Waals surface area contributed by atoms with Gasteiger partial charge in [0.2, 0.25) is 5.91 Å². The largest absolute Gasteiger partial charge is 0.352 e. The molecule has 4 aromatic rings. The number of amides is 1. The molecule has 1 saturated heterocycles. The number of hydrogen-bond acceptors (Lipinski definition) is 3. The summed E-state index contributed by atoms with van der Waals surface area (Å²) in [5.74, 6) is -0.376. The first kappa shape index (κ1) is 23.7. The van der Waals surface area contributed by atoms with Gasteiger partial charge < -0.3 is 20.1 Å². The second-order valence-corrected chi connectivity index (χ2v) is 9.15. The van der Waals surface area contributed by atoms with Crippen LogP contribution in [0.15, 0.2) is 91.3 Å². The lowest BCUT2D eigenvalue weighted by molar-refractivity contribution is -0.116. The number of nitrogens with one attached hydrogen (secondary N) is 2. The van der Waals surface area contributed by atoms with Gasteiger partial charge in [-0.15, -0.1) is 0 Å². The molecule has 3 heterocycles. The maximum Gasteiger partial charge on any atom is 0.226 e. The van der Waals surface area contributed by atoms with Gasteiger partial charge in [0.15, 0.2) is 5.11 Å². The predicted molar refractivity (Wildman–Crippen MR) is 142 cm³/mol. The molecule has 6 nitrogen and oxygen atoms in total. The summed E-state index contributed by atoms with van der Waals surface area (Å²) in [4.78, 5) is 19.4. The molecule has 2 aromatic heterocycles. The van der Waals surface area contributed by atoms with Gasteiger partial charge in [-0.05, 0) is 79.8 Å². The Balaban J connectivity index is 1.43. The first-order valence-electron chi connectivity index (χ1n) is 11.8. The maximum atomic E-state index is 13.6. The molecule has 36 heavy (non-hydrogen) atoms. The number of benzene rings is 2. The van der Waals surface area contributed by atoms with E-state index in [1.54, 1.807) is 18.3 Å². The van der Waals surface area contributed by atoms with Crippen molar-refractivity contribution in [1.29, 1.82) is 0 Å². The summed E-state index contributed by atoms with van der Waals surface area (Å²) in [5.41, 5.74) is 4.55. The van der Waals surface area contributed by atoms with E-state index in [9.17, 15) is 9.18 Å². The summed E-state index contributed by atoms with van der Waals surface area (Å²) in [6, 6.07) is 23.4. The summed E-state index contributed by atoms with van der Waals surface area (Å²) < 4.78 is 15.6. The van der Waals surface area contributed by atoms with Crippen LogP contribution < -0.4 is 10.6 Å². The molecule has 0 bridgehead atoms. The van der Waals surface area contributed by atoms with E-state index in [1.807, 2.05) is 77.2 Å². The van der Waals surface area contributed by atoms with Gasteiger partial charge >= 0.3 is 0 Å². The van der Waals surface area contributed by atoms with Crippen LogP contribution >= 0.6 is 12.2 Å². The zero-order valence-corrected chi connectivity index (χ0v) is 20.6. The Morgan fingerprint density at radius 2 is 1.83 bits per heavy atom. The minimum absolute atomic E-state index is 0.0874. The van der Waals surface area contributed by atoms with Crippen molar-refractivity contribution in [3.63, 3.8) is 0 Å². The van der Waals surface area contributed by atoms with E-state index < -0.39 is 0 Å². The third-order valence-electron chi connectivity index (χ3n) is 6.30. The third kappa shape index (κ3) is 4.99. The first-order chi connectivity index (χ1) is 17.5. The second-order valence-electron chi connectivity index (χ2n) is 8.76. The van der Waals surface area contributed by atoms with Crippen LogP contribution in [0, 0.1) is 12.7 Å². The highest BCUT2D eigenvalue weighted by Crippen LogP contribution is 2.39. The van der Waals surface area contributed by atoms with E-state index in [-0.39, 0.29) is 30.2 Å². The van der Waals surface area contributed by atoms with E-state index in [4.69, 9.17) is 12.2 Å². The Kier molecular flexibility index (Phi) is 6.77. The quantitative estimate of drug-likeness (QED) is 0.337. The molecule has 1 aliphatic heterocycles. The number of anilines is 1. The Morgan fingerprint density at radius 1 is 1.06 bits per heavy atom. The average molecular weight is 500 g/mol. The fraction of sp³-hybridized carbons (Fsp3) is 0.179. The van der Waals surface area contributed by atoms with Gasteiger partial charge in [-0.25, -0.2) is 4.39 Å². The van der Waals surface area contributed by atoms with Crippen LogP contribution in [-0.4, -0.2) is 32.0 Å². The lowest BCUT2D eigenvalue weighted by Crippen LogP contribution is -2.33. The number of aromatic nitrogens is 2. The minimum Gasteiger partial charge on any atom is -0.352 e. The molecule has 2 aromatic carbocycles. The Bertz CT molecular complexity index is 1350. The van der Waals surface area contributed by atoms with E-state index in [2.05, 4.69) is 15.6 Å². The number of pyridine rings is 1. The van der Waals surface area contributed by atoms with Gasteiger partial charge in [0.1, 0.15) is 5.82 Å². The highest BCUT2D eigenvalue weighted by atomic mass is 32.1. The van der Waals surface area contributed by atoms with E-state index >= 15 is 0 Å². The Labute approximate surface area is 214 Å². The van der Waals surface area contributed by atoms with Crippen molar-refractivity contribution in [2.45, 2.75) is 25.4 Å². The number of nitrogens with zero attached hydrogens (tertiary/aromatic N) is 3. The number of rotatable bonds is 7. The molecule has 2 N–H and O–H groups in total. The van der Waals surface area contributed by atoms with Crippen molar-refractivity contribution >= 4 is 28.9 Å². The van der Waals surface area contributed by atoms with E-state index in [0.29, 0.717) is 11.7 Å². The lowest BCUT2D eigenvalue weighted by Gasteiger charge is -2.28. The SMILES string of the molecule is Cc1ccc(NC(=O)CCN2C(=S)NC(c3ccccn3)C2c2cccn2-c2ccc(F)cc2)cc1. The number of hydrogen-bond donors (Lipinski definition) is 2. The average Bonchev–Trinajstić information content (AvgIpc) is 3.49. The normalized spacial score (nSPS) is 17.2. The van der Waals surface area contributed by atoms with Gasteiger partial charge in [0.05, 0.1) is 17.8 Å². The summed E-state index contributed by atoms with van der Waals surface area (Å²) >= 11 is 5.74.